The number of hydrogen-bond acceptors (Lipinski definition) is 4. The van der Waals surface area contributed by atoms with Gasteiger partial charge in [-0.1, -0.05) is 0 Å². The minimum atomic E-state index is -0.539. The summed E-state index contributed by atoms with van der Waals surface area (Å²) in [5, 5.41) is 17.4. The van der Waals surface area contributed by atoms with E-state index < -0.39 is 5.66 Å². The highest BCUT2D eigenvalue weighted by atomic mass is 15.0. The fourth-order valence-corrected chi connectivity index (χ4v) is 2.51. The fraction of sp³-hybridized carbons (Fsp3) is 0.833. The van der Waals surface area contributed by atoms with Crippen LogP contribution in [-0.4, -0.2) is 5.66 Å². The average molecular weight is 220 g/mol. The molecule has 1 aliphatic carbocycles. The summed E-state index contributed by atoms with van der Waals surface area (Å²) in [7, 11) is 0. The summed E-state index contributed by atoms with van der Waals surface area (Å²) in [6.45, 7) is 0. The maximum absolute atomic E-state index is 8.68. The van der Waals surface area contributed by atoms with E-state index in [2.05, 4.69) is 12.1 Å². The normalized spacial score (nSPS) is 22.0. The largest absolute Gasteiger partial charge is 0.313 e. The molecule has 4 heteroatoms. The van der Waals surface area contributed by atoms with Crippen LogP contribution in [0.4, 0.5) is 0 Å². The molecule has 0 spiro atoms. The van der Waals surface area contributed by atoms with E-state index in [1.54, 1.807) is 0 Å². The molecule has 1 rings (SSSR count). The Morgan fingerprint density at radius 2 is 1.31 bits per heavy atom. The zero-order chi connectivity index (χ0) is 12.1. The molecule has 16 heavy (non-hydrogen) atoms. The maximum Gasteiger partial charge on any atom is 0.0637 e. The Morgan fingerprint density at radius 1 is 0.875 bits per heavy atom. The Hall–Kier alpha value is -1.10. The lowest BCUT2D eigenvalue weighted by molar-refractivity contribution is 0.113. The Labute approximate surface area is 97.2 Å². The van der Waals surface area contributed by atoms with Gasteiger partial charge in [0.2, 0.25) is 0 Å². The van der Waals surface area contributed by atoms with Crippen molar-refractivity contribution in [2.24, 2.45) is 16.9 Å². The molecule has 0 amide bonds. The Bertz CT molecular complexity index is 278. The third-order valence-corrected chi connectivity index (χ3v) is 3.78. The molecule has 0 aromatic carbocycles. The molecule has 0 radical (unpaired) electrons. The summed E-state index contributed by atoms with van der Waals surface area (Å²) < 4.78 is 0. The molecule has 4 nitrogen and oxygen atoms in total. The maximum atomic E-state index is 8.68. The molecule has 0 atom stereocenters. The number of nitrogens with two attached hydrogens (primary N) is 2. The van der Waals surface area contributed by atoms with Crippen molar-refractivity contribution in [2.75, 3.05) is 0 Å². The first-order valence-electron chi connectivity index (χ1n) is 5.85. The lowest BCUT2D eigenvalue weighted by atomic mass is 9.66. The quantitative estimate of drug-likeness (QED) is 0.705. The van der Waals surface area contributed by atoms with Crippen LogP contribution in [0.1, 0.15) is 51.4 Å². The Balaban J connectivity index is 2.60. The van der Waals surface area contributed by atoms with Crippen LogP contribution in [-0.2, 0) is 0 Å². The van der Waals surface area contributed by atoms with Crippen LogP contribution < -0.4 is 11.5 Å². The van der Waals surface area contributed by atoms with Gasteiger partial charge in [0.05, 0.1) is 17.8 Å². The SMILES string of the molecule is N#CCCC1(CCC#N)CCC(N)(N)CC1. The van der Waals surface area contributed by atoms with Crippen molar-refractivity contribution in [1.29, 1.82) is 10.5 Å². The van der Waals surface area contributed by atoms with Crippen molar-refractivity contribution in [2.45, 2.75) is 57.0 Å². The van der Waals surface area contributed by atoms with Crippen LogP contribution in [0.2, 0.25) is 0 Å². The highest BCUT2D eigenvalue weighted by Gasteiger charge is 2.38. The van der Waals surface area contributed by atoms with E-state index in [4.69, 9.17) is 22.0 Å². The predicted octanol–water partition coefficient (Wildman–Crippen LogP) is 1.77. The zero-order valence-electron chi connectivity index (χ0n) is 9.71. The molecule has 0 aromatic rings. The third-order valence-electron chi connectivity index (χ3n) is 3.78. The topological polar surface area (TPSA) is 99.6 Å². The summed E-state index contributed by atoms with van der Waals surface area (Å²) in [6, 6.07) is 4.38. The van der Waals surface area contributed by atoms with Gasteiger partial charge in [0.25, 0.3) is 0 Å². The van der Waals surface area contributed by atoms with Crippen molar-refractivity contribution in [3.8, 4) is 12.1 Å². The van der Waals surface area contributed by atoms with Gasteiger partial charge in [-0.25, -0.2) is 0 Å². The minimum Gasteiger partial charge on any atom is -0.313 e. The second-order valence-corrected chi connectivity index (χ2v) is 5.05. The van der Waals surface area contributed by atoms with E-state index in [-0.39, 0.29) is 5.41 Å². The Kier molecular flexibility index (Phi) is 4.29. The molecule has 1 fully saturated rings. The number of hydrogen-bond donors (Lipinski definition) is 2. The molecular formula is C12H20N4. The second kappa shape index (κ2) is 5.30. The summed E-state index contributed by atoms with van der Waals surface area (Å²) >= 11 is 0. The van der Waals surface area contributed by atoms with Crippen LogP contribution in [0.15, 0.2) is 0 Å². The molecule has 1 saturated carbocycles. The highest BCUT2D eigenvalue weighted by Crippen LogP contribution is 2.45. The van der Waals surface area contributed by atoms with Gasteiger partial charge in [0.1, 0.15) is 0 Å². The third kappa shape index (κ3) is 3.48. The Morgan fingerprint density at radius 3 is 1.69 bits per heavy atom. The smallest absolute Gasteiger partial charge is 0.0637 e. The molecule has 1 aliphatic rings. The molecule has 4 N–H and O–H groups in total. The van der Waals surface area contributed by atoms with Crippen molar-refractivity contribution in [3.63, 3.8) is 0 Å². The molecule has 88 valence electrons. The molecule has 0 heterocycles. The van der Waals surface area contributed by atoms with Gasteiger partial charge in [0.15, 0.2) is 0 Å². The van der Waals surface area contributed by atoms with E-state index >= 15 is 0 Å². The average Bonchev–Trinajstić information content (AvgIpc) is 2.27. The van der Waals surface area contributed by atoms with Gasteiger partial charge in [-0.2, -0.15) is 10.5 Å². The highest BCUT2D eigenvalue weighted by molar-refractivity contribution is 4.95. The summed E-state index contributed by atoms with van der Waals surface area (Å²) in [5.41, 5.74) is 11.4. The molecule has 0 aliphatic heterocycles. The number of nitrogens with zero attached hydrogens (tertiary/aromatic N) is 2. The van der Waals surface area contributed by atoms with Gasteiger partial charge in [0, 0.05) is 12.8 Å². The van der Waals surface area contributed by atoms with E-state index in [0.29, 0.717) is 12.8 Å². The fourth-order valence-electron chi connectivity index (χ4n) is 2.51. The summed E-state index contributed by atoms with van der Waals surface area (Å²) in [4.78, 5) is 0. The van der Waals surface area contributed by atoms with Crippen molar-refractivity contribution in [1.82, 2.24) is 0 Å². The van der Waals surface area contributed by atoms with E-state index in [9.17, 15) is 0 Å². The van der Waals surface area contributed by atoms with Gasteiger partial charge in [-0.05, 0) is 43.9 Å². The van der Waals surface area contributed by atoms with Crippen molar-refractivity contribution >= 4 is 0 Å². The van der Waals surface area contributed by atoms with Crippen LogP contribution in [0.25, 0.3) is 0 Å². The van der Waals surface area contributed by atoms with Crippen LogP contribution >= 0.6 is 0 Å². The van der Waals surface area contributed by atoms with Gasteiger partial charge in [-0.15, -0.1) is 0 Å². The molecule has 0 aromatic heterocycles. The van der Waals surface area contributed by atoms with E-state index in [1.807, 2.05) is 0 Å². The first kappa shape index (κ1) is 13.0. The molecule has 0 saturated heterocycles. The first-order chi connectivity index (χ1) is 7.54. The number of nitriles is 2. The van der Waals surface area contributed by atoms with Gasteiger partial charge < -0.3 is 11.5 Å². The molecular weight excluding hydrogens is 200 g/mol. The van der Waals surface area contributed by atoms with Gasteiger partial charge >= 0.3 is 0 Å². The van der Waals surface area contributed by atoms with Crippen LogP contribution in [0.3, 0.4) is 0 Å². The lowest BCUT2D eigenvalue weighted by Crippen LogP contribution is -2.53. The van der Waals surface area contributed by atoms with E-state index in [1.165, 1.54) is 0 Å². The van der Waals surface area contributed by atoms with E-state index in [0.717, 1.165) is 38.5 Å². The van der Waals surface area contributed by atoms with Crippen molar-refractivity contribution in [3.05, 3.63) is 0 Å². The van der Waals surface area contributed by atoms with Crippen LogP contribution in [0.5, 0.6) is 0 Å². The van der Waals surface area contributed by atoms with Crippen LogP contribution in [0, 0.1) is 28.1 Å². The summed E-state index contributed by atoms with van der Waals surface area (Å²) in [6.07, 6.45) is 6.37. The minimum absolute atomic E-state index is 0.133. The van der Waals surface area contributed by atoms with Crippen molar-refractivity contribution < 1.29 is 0 Å². The standard InChI is InChI=1S/C12H20N4/c13-9-1-3-11(4-2-10-14)5-7-12(15,16)8-6-11/h1-8,15-16H2. The first-order valence-corrected chi connectivity index (χ1v) is 5.85. The monoisotopic (exact) mass is 220 g/mol. The number of rotatable bonds is 4. The molecule has 0 unspecified atom stereocenters. The summed E-state index contributed by atoms with van der Waals surface area (Å²) in [5.74, 6) is 0. The van der Waals surface area contributed by atoms with Gasteiger partial charge in [-0.3, -0.25) is 0 Å². The predicted molar refractivity (Wildman–Crippen MR) is 61.7 cm³/mol. The lowest BCUT2D eigenvalue weighted by Gasteiger charge is -2.43. The molecule has 0 bridgehead atoms. The zero-order valence-corrected chi connectivity index (χ0v) is 9.71. The second-order valence-electron chi connectivity index (χ2n) is 5.05.